The molecule has 1 aliphatic carbocycles. The van der Waals surface area contributed by atoms with Crippen LogP contribution in [0.25, 0.3) is 0 Å². The third-order valence-corrected chi connectivity index (χ3v) is 6.57. The predicted octanol–water partition coefficient (Wildman–Crippen LogP) is 4.56. The number of amides is 2. The van der Waals surface area contributed by atoms with E-state index in [0.29, 0.717) is 19.5 Å². The van der Waals surface area contributed by atoms with Crippen LogP contribution >= 0.6 is 0 Å². The molecule has 2 aliphatic rings. The van der Waals surface area contributed by atoms with Gasteiger partial charge in [0.15, 0.2) is 0 Å². The molecule has 0 bridgehead atoms. The van der Waals surface area contributed by atoms with Gasteiger partial charge in [0.1, 0.15) is 0 Å². The normalized spacial score (nSPS) is 18.6. The number of hydrogen-bond donors (Lipinski definition) is 1. The molecule has 1 N–H and O–H groups in total. The highest BCUT2D eigenvalue weighted by molar-refractivity contribution is 5.95. The van der Waals surface area contributed by atoms with Crippen LogP contribution in [0.4, 0.5) is 5.69 Å². The van der Waals surface area contributed by atoms with Gasteiger partial charge in [0.25, 0.3) is 0 Å². The van der Waals surface area contributed by atoms with E-state index >= 15 is 0 Å². The lowest BCUT2D eigenvalue weighted by Gasteiger charge is -2.26. The number of hydrogen-bond acceptors (Lipinski definition) is 3. The Morgan fingerprint density at radius 2 is 1.78 bits per heavy atom. The average molecular weight is 435 g/mol. The van der Waals surface area contributed by atoms with Gasteiger partial charge in [0.05, 0.1) is 19.1 Å². The summed E-state index contributed by atoms with van der Waals surface area (Å²) in [5.41, 5.74) is 4.10. The minimum atomic E-state index is -0.00939. The smallest absolute Gasteiger partial charge is 0.230 e. The highest BCUT2D eigenvalue weighted by Crippen LogP contribution is 2.30. The molecular weight excluding hydrogens is 400 g/mol. The van der Waals surface area contributed by atoms with Crippen molar-refractivity contribution in [1.82, 2.24) is 5.32 Å². The standard InChI is InChI=1S/C27H34N2O3/c1-20-11-13-21(14-12-20)19-29(27(31)23-7-2-3-8-23)24-9-4-6-22(16-24)17-26(30)28-18-25-10-5-15-32-25/h4,6,9,11-14,16,23,25H,2-3,5,7-8,10,15,17-19H2,1H3,(H,28,30)/t25-/m0/s1. The Morgan fingerprint density at radius 1 is 1.00 bits per heavy atom. The number of carbonyl (C=O) groups is 2. The zero-order chi connectivity index (χ0) is 22.3. The molecule has 5 heteroatoms. The van der Waals surface area contributed by atoms with Crippen LogP contribution in [0.1, 0.15) is 55.2 Å². The number of carbonyl (C=O) groups excluding carboxylic acids is 2. The highest BCUT2D eigenvalue weighted by atomic mass is 16.5. The molecule has 5 nitrogen and oxygen atoms in total. The molecule has 170 valence electrons. The SMILES string of the molecule is Cc1ccc(CN(C(=O)C2CCCC2)c2cccc(CC(=O)NC[C@@H]3CCCO3)c2)cc1. The van der Waals surface area contributed by atoms with Crippen molar-refractivity contribution in [3.8, 4) is 0 Å². The largest absolute Gasteiger partial charge is 0.376 e. The van der Waals surface area contributed by atoms with Gasteiger partial charge in [-0.1, -0.05) is 54.8 Å². The molecular formula is C27H34N2O3. The van der Waals surface area contributed by atoms with E-state index in [1.54, 1.807) is 0 Å². The van der Waals surface area contributed by atoms with E-state index in [9.17, 15) is 9.59 Å². The van der Waals surface area contributed by atoms with Crippen molar-refractivity contribution in [2.24, 2.45) is 5.92 Å². The molecule has 1 saturated carbocycles. The predicted molar refractivity (Wildman–Crippen MR) is 126 cm³/mol. The Labute approximate surface area is 191 Å². The lowest BCUT2D eigenvalue weighted by molar-refractivity contribution is -0.122. The summed E-state index contributed by atoms with van der Waals surface area (Å²) in [6.45, 7) is 3.97. The number of ether oxygens (including phenoxy) is 1. The first-order valence-corrected chi connectivity index (χ1v) is 11.9. The summed E-state index contributed by atoms with van der Waals surface area (Å²) in [5.74, 6) is 0.284. The van der Waals surface area contributed by atoms with Gasteiger partial charge in [-0.05, 0) is 55.9 Å². The van der Waals surface area contributed by atoms with Crippen LogP contribution in [0.2, 0.25) is 0 Å². The number of nitrogens with zero attached hydrogens (tertiary/aromatic N) is 1. The van der Waals surface area contributed by atoms with Crippen molar-refractivity contribution >= 4 is 17.5 Å². The highest BCUT2D eigenvalue weighted by Gasteiger charge is 2.28. The van der Waals surface area contributed by atoms with E-state index < -0.39 is 0 Å². The lowest BCUT2D eigenvalue weighted by atomic mass is 10.0. The van der Waals surface area contributed by atoms with Gasteiger partial charge in [-0.3, -0.25) is 9.59 Å². The summed E-state index contributed by atoms with van der Waals surface area (Å²) >= 11 is 0. The quantitative estimate of drug-likeness (QED) is 0.663. The van der Waals surface area contributed by atoms with Crippen molar-refractivity contribution in [2.45, 2.75) is 64.5 Å². The Bertz CT molecular complexity index is 913. The van der Waals surface area contributed by atoms with Gasteiger partial charge in [-0.15, -0.1) is 0 Å². The number of anilines is 1. The van der Waals surface area contributed by atoms with Crippen LogP contribution in [-0.4, -0.2) is 31.1 Å². The Kier molecular flexibility index (Phi) is 7.59. The Morgan fingerprint density at radius 3 is 2.50 bits per heavy atom. The van der Waals surface area contributed by atoms with Crippen molar-refractivity contribution in [2.75, 3.05) is 18.1 Å². The first-order chi connectivity index (χ1) is 15.6. The second kappa shape index (κ2) is 10.8. The van der Waals surface area contributed by atoms with E-state index in [2.05, 4.69) is 36.5 Å². The Hall–Kier alpha value is -2.66. The van der Waals surface area contributed by atoms with Gasteiger partial charge in [-0.25, -0.2) is 0 Å². The lowest BCUT2D eigenvalue weighted by Crippen LogP contribution is -2.35. The first-order valence-electron chi connectivity index (χ1n) is 11.9. The Balaban J connectivity index is 1.47. The molecule has 2 fully saturated rings. The summed E-state index contributed by atoms with van der Waals surface area (Å²) in [6.07, 6.45) is 6.69. The second-order valence-electron chi connectivity index (χ2n) is 9.18. The summed E-state index contributed by atoms with van der Waals surface area (Å²) in [5, 5.41) is 2.99. The molecule has 0 aromatic heterocycles. The molecule has 4 rings (SSSR count). The van der Waals surface area contributed by atoms with Gasteiger partial charge < -0.3 is 15.0 Å². The van der Waals surface area contributed by atoms with Crippen LogP contribution in [0.15, 0.2) is 48.5 Å². The fourth-order valence-corrected chi connectivity index (χ4v) is 4.68. The molecule has 0 unspecified atom stereocenters. The van der Waals surface area contributed by atoms with Gasteiger partial charge in [0.2, 0.25) is 11.8 Å². The maximum absolute atomic E-state index is 13.4. The molecule has 32 heavy (non-hydrogen) atoms. The van der Waals surface area contributed by atoms with Gasteiger partial charge in [-0.2, -0.15) is 0 Å². The van der Waals surface area contributed by atoms with Crippen LogP contribution in [0, 0.1) is 12.8 Å². The zero-order valence-corrected chi connectivity index (χ0v) is 19.0. The average Bonchev–Trinajstić information content (AvgIpc) is 3.51. The van der Waals surface area contributed by atoms with Crippen molar-refractivity contribution in [3.05, 3.63) is 65.2 Å². The van der Waals surface area contributed by atoms with E-state index in [4.69, 9.17) is 4.74 Å². The van der Waals surface area contributed by atoms with Gasteiger partial charge in [0, 0.05) is 24.8 Å². The van der Waals surface area contributed by atoms with Crippen molar-refractivity contribution in [3.63, 3.8) is 0 Å². The zero-order valence-electron chi connectivity index (χ0n) is 19.0. The molecule has 2 amide bonds. The maximum Gasteiger partial charge on any atom is 0.230 e. The molecule has 2 aromatic carbocycles. The summed E-state index contributed by atoms with van der Waals surface area (Å²) in [6, 6.07) is 16.2. The van der Waals surface area contributed by atoms with E-state index in [1.165, 1.54) is 5.56 Å². The third-order valence-electron chi connectivity index (χ3n) is 6.57. The molecule has 1 saturated heterocycles. The third kappa shape index (κ3) is 5.98. The van der Waals surface area contributed by atoms with Crippen LogP contribution in [0.5, 0.6) is 0 Å². The summed E-state index contributed by atoms with van der Waals surface area (Å²) in [7, 11) is 0. The fourth-order valence-electron chi connectivity index (χ4n) is 4.68. The second-order valence-corrected chi connectivity index (χ2v) is 9.18. The monoisotopic (exact) mass is 434 g/mol. The molecule has 1 aliphatic heterocycles. The van der Waals surface area contributed by atoms with E-state index in [-0.39, 0.29) is 23.8 Å². The molecule has 0 radical (unpaired) electrons. The summed E-state index contributed by atoms with van der Waals surface area (Å²) in [4.78, 5) is 27.8. The van der Waals surface area contributed by atoms with Crippen LogP contribution < -0.4 is 10.2 Å². The molecule has 2 aromatic rings. The number of rotatable bonds is 8. The van der Waals surface area contributed by atoms with E-state index in [1.807, 2.05) is 29.2 Å². The van der Waals surface area contributed by atoms with E-state index in [0.717, 1.165) is 61.9 Å². The van der Waals surface area contributed by atoms with Gasteiger partial charge >= 0.3 is 0 Å². The minimum absolute atomic E-state index is 0.00939. The number of benzene rings is 2. The number of aryl methyl sites for hydroxylation is 1. The first kappa shape index (κ1) is 22.5. The molecule has 1 heterocycles. The maximum atomic E-state index is 13.4. The van der Waals surface area contributed by atoms with Crippen molar-refractivity contribution < 1.29 is 14.3 Å². The van der Waals surface area contributed by atoms with Crippen molar-refractivity contribution in [1.29, 1.82) is 0 Å². The van der Waals surface area contributed by atoms with Crippen LogP contribution in [-0.2, 0) is 27.3 Å². The topological polar surface area (TPSA) is 58.6 Å². The van der Waals surface area contributed by atoms with Crippen LogP contribution in [0.3, 0.4) is 0 Å². The molecule has 1 atom stereocenters. The molecule has 0 spiro atoms. The number of nitrogens with one attached hydrogen (secondary N) is 1. The summed E-state index contributed by atoms with van der Waals surface area (Å²) < 4.78 is 5.58. The minimum Gasteiger partial charge on any atom is -0.376 e. The fraction of sp³-hybridized carbons (Fsp3) is 0.481.